The number of piperidine rings is 1. The molecule has 158 valence electrons. The summed E-state index contributed by atoms with van der Waals surface area (Å²) in [6.07, 6.45) is 1.04. The van der Waals surface area contributed by atoms with Crippen LogP contribution in [0.2, 0.25) is 0 Å². The normalized spacial score (nSPS) is 25.7. The van der Waals surface area contributed by atoms with Gasteiger partial charge in [-0.05, 0) is 44.2 Å². The Hall–Kier alpha value is -2.64. The molecule has 0 aromatic carbocycles. The molecule has 0 bridgehead atoms. The number of nitrogens with one attached hydrogen (secondary N) is 1. The zero-order valence-corrected chi connectivity index (χ0v) is 17.5. The summed E-state index contributed by atoms with van der Waals surface area (Å²) < 4.78 is 5.30. The number of alkyl carbamates (subject to hydrolysis) is 1. The van der Waals surface area contributed by atoms with Gasteiger partial charge in [0.2, 0.25) is 5.91 Å². The Labute approximate surface area is 170 Å². The number of carboxylic acids is 1. The number of aromatic nitrogens is 1. The van der Waals surface area contributed by atoms with Crippen LogP contribution in [0.15, 0.2) is 24.4 Å². The van der Waals surface area contributed by atoms with Gasteiger partial charge in [0.25, 0.3) is 0 Å². The van der Waals surface area contributed by atoms with Crippen molar-refractivity contribution in [2.45, 2.75) is 58.7 Å². The van der Waals surface area contributed by atoms with E-state index in [0.717, 1.165) is 0 Å². The van der Waals surface area contributed by atoms with Crippen LogP contribution in [-0.2, 0) is 20.7 Å². The number of aliphatic carboxylic acids is 1. The molecule has 2 aliphatic rings. The maximum Gasteiger partial charge on any atom is 0.408 e. The van der Waals surface area contributed by atoms with E-state index < -0.39 is 35.7 Å². The fourth-order valence-corrected chi connectivity index (χ4v) is 4.37. The van der Waals surface area contributed by atoms with Crippen molar-refractivity contribution in [1.29, 1.82) is 0 Å². The maximum absolute atomic E-state index is 13.3. The Bertz CT molecular complexity index is 802. The lowest BCUT2D eigenvalue weighted by molar-refractivity contribution is -0.151. The van der Waals surface area contributed by atoms with Crippen molar-refractivity contribution in [2.24, 2.45) is 17.3 Å². The fraction of sp³-hybridized carbons (Fsp3) is 0.619. The predicted molar refractivity (Wildman–Crippen MR) is 105 cm³/mol. The SMILES string of the molecule is CC(C)(C)OC(=O)N[C@@H](Cc1ccccn1)C(=O)N1C[C@H]2[C@@H]([C@H]1C(=O)O)C2(C)C. The van der Waals surface area contributed by atoms with Gasteiger partial charge in [-0.2, -0.15) is 0 Å². The number of likely N-dealkylation sites (tertiary alicyclic amines) is 1. The van der Waals surface area contributed by atoms with E-state index in [1.807, 2.05) is 13.8 Å². The summed E-state index contributed by atoms with van der Waals surface area (Å²) in [4.78, 5) is 43.2. The molecule has 2 heterocycles. The van der Waals surface area contributed by atoms with Crippen LogP contribution < -0.4 is 5.32 Å². The number of hydrogen-bond donors (Lipinski definition) is 2. The van der Waals surface area contributed by atoms with E-state index in [9.17, 15) is 19.5 Å². The average Bonchev–Trinajstić information content (AvgIpc) is 2.95. The Morgan fingerprint density at radius 3 is 2.59 bits per heavy atom. The van der Waals surface area contributed by atoms with Gasteiger partial charge in [0.1, 0.15) is 17.7 Å². The van der Waals surface area contributed by atoms with Crippen molar-refractivity contribution in [3.8, 4) is 0 Å². The molecule has 1 aliphatic carbocycles. The fourth-order valence-electron chi connectivity index (χ4n) is 4.37. The molecule has 0 spiro atoms. The lowest BCUT2D eigenvalue weighted by Gasteiger charge is -2.32. The van der Waals surface area contributed by atoms with Crippen LogP contribution in [0.25, 0.3) is 0 Å². The number of fused-ring (bicyclic) bond motifs is 1. The summed E-state index contributed by atoms with van der Waals surface area (Å²) >= 11 is 0. The molecule has 1 saturated heterocycles. The summed E-state index contributed by atoms with van der Waals surface area (Å²) in [6.45, 7) is 9.65. The van der Waals surface area contributed by atoms with Gasteiger partial charge < -0.3 is 20.1 Å². The van der Waals surface area contributed by atoms with Crippen LogP contribution in [0.1, 0.15) is 40.3 Å². The average molecular weight is 403 g/mol. The summed E-state index contributed by atoms with van der Waals surface area (Å²) in [6, 6.07) is 3.48. The number of carboxylic acid groups (broad SMARTS) is 1. The van der Waals surface area contributed by atoms with E-state index in [4.69, 9.17) is 4.74 Å². The molecule has 8 heteroatoms. The third-order valence-corrected chi connectivity index (χ3v) is 5.87. The van der Waals surface area contributed by atoms with Gasteiger partial charge in [0.15, 0.2) is 0 Å². The third-order valence-electron chi connectivity index (χ3n) is 5.87. The molecular weight excluding hydrogens is 374 g/mol. The first kappa shape index (κ1) is 21.1. The Kier molecular flexibility index (Phi) is 5.32. The third kappa shape index (κ3) is 4.36. The van der Waals surface area contributed by atoms with Crippen molar-refractivity contribution in [3.05, 3.63) is 30.1 Å². The second kappa shape index (κ2) is 7.31. The van der Waals surface area contributed by atoms with Crippen LogP contribution >= 0.6 is 0 Å². The van der Waals surface area contributed by atoms with Crippen LogP contribution in [0.5, 0.6) is 0 Å². The number of carbonyl (C=O) groups excluding carboxylic acids is 2. The number of hydrogen-bond acceptors (Lipinski definition) is 5. The quantitative estimate of drug-likeness (QED) is 0.779. The molecule has 0 unspecified atom stereocenters. The van der Waals surface area contributed by atoms with E-state index in [-0.39, 0.29) is 23.7 Å². The molecule has 2 fully saturated rings. The van der Waals surface area contributed by atoms with Crippen molar-refractivity contribution in [1.82, 2.24) is 15.2 Å². The number of carbonyl (C=O) groups is 3. The Balaban J connectivity index is 1.80. The Morgan fingerprint density at radius 2 is 2.03 bits per heavy atom. The second-order valence-corrected chi connectivity index (χ2v) is 9.45. The van der Waals surface area contributed by atoms with E-state index in [0.29, 0.717) is 12.2 Å². The molecule has 8 nitrogen and oxygen atoms in total. The highest BCUT2D eigenvalue weighted by molar-refractivity contribution is 5.91. The largest absolute Gasteiger partial charge is 0.480 e. The molecule has 1 saturated carbocycles. The maximum atomic E-state index is 13.3. The minimum atomic E-state index is -1.01. The monoisotopic (exact) mass is 403 g/mol. The van der Waals surface area contributed by atoms with E-state index in [1.165, 1.54) is 4.90 Å². The van der Waals surface area contributed by atoms with Crippen molar-refractivity contribution >= 4 is 18.0 Å². The molecule has 0 radical (unpaired) electrons. The van der Waals surface area contributed by atoms with E-state index in [2.05, 4.69) is 10.3 Å². The molecular formula is C21H29N3O5. The number of nitrogens with zero attached hydrogens (tertiary/aromatic N) is 2. The zero-order valence-electron chi connectivity index (χ0n) is 17.5. The number of rotatable bonds is 5. The second-order valence-electron chi connectivity index (χ2n) is 9.45. The van der Waals surface area contributed by atoms with Crippen LogP contribution in [-0.4, -0.2) is 57.2 Å². The highest BCUT2D eigenvalue weighted by Crippen LogP contribution is 2.64. The molecule has 29 heavy (non-hydrogen) atoms. The van der Waals surface area contributed by atoms with E-state index in [1.54, 1.807) is 45.2 Å². The highest BCUT2D eigenvalue weighted by atomic mass is 16.6. The molecule has 1 aromatic rings. The summed E-state index contributed by atoms with van der Waals surface area (Å²) in [5.74, 6) is -1.34. The summed E-state index contributed by atoms with van der Waals surface area (Å²) in [5.41, 5.74) is -0.181. The molecule has 4 atom stereocenters. The standard InChI is InChI=1S/C21H29N3O5/c1-20(2,3)29-19(28)23-14(10-12-8-6-7-9-22-12)17(25)24-11-13-15(21(13,4)5)16(24)18(26)27/h6-9,13-16H,10-11H2,1-5H3,(H,23,28)(H,26,27)/t13-,14-,15-,16-/m0/s1. The van der Waals surface area contributed by atoms with Gasteiger partial charge in [-0.15, -0.1) is 0 Å². The Morgan fingerprint density at radius 1 is 1.34 bits per heavy atom. The van der Waals surface area contributed by atoms with Gasteiger partial charge >= 0.3 is 12.1 Å². The lowest BCUT2D eigenvalue weighted by Crippen LogP contribution is -2.55. The smallest absolute Gasteiger partial charge is 0.408 e. The first-order valence-corrected chi connectivity index (χ1v) is 9.84. The number of amides is 2. The first-order valence-electron chi connectivity index (χ1n) is 9.84. The summed E-state index contributed by atoms with van der Waals surface area (Å²) in [5, 5.41) is 12.4. The molecule has 3 rings (SSSR count). The van der Waals surface area contributed by atoms with Gasteiger partial charge in [-0.1, -0.05) is 19.9 Å². The molecule has 1 aliphatic heterocycles. The van der Waals surface area contributed by atoms with Crippen molar-refractivity contribution < 1.29 is 24.2 Å². The van der Waals surface area contributed by atoms with Crippen molar-refractivity contribution in [3.63, 3.8) is 0 Å². The molecule has 2 amide bonds. The minimum Gasteiger partial charge on any atom is -0.480 e. The lowest BCUT2D eigenvalue weighted by atomic mass is 9.99. The minimum absolute atomic E-state index is 0.0685. The van der Waals surface area contributed by atoms with E-state index >= 15 is 0 Å². The topological polar surface area (TPSA) is 109 Å². The molecule has 2 N–H and O–H groups in total. The molecule has 1 aromatic heterocycles. The predicted octanol–water partition coefficient (Wildman–Crippen LogP) is 2.08. The zero-order chi connectivity index (χ0) is 21.6. The van der Waals surface area contributed by atoms with Crippen LogP contribution in [0.3, 0.4) is 0 Å². The van der Waals surface area contributed by atoms with Crippen molar-refractivity contribution in [2.75, 3.05) is 6.54 Å². The first-order chi connectivity index (χ1) is 13.4. The van der Waals surface area contributed by atoms with Crippen LogP contribution in [0, 0.1) is 17.3 Å². The van der Waals surface area contributed by atoms with Gasteiger partial charge in [0.05, 0.1) is 0 Å². The van der Waals surface area contributed by atoms with Gasteiger partial charge in [-0.25, -0.2) is 9.59 Å². The van der Waals surface area contributed by atoms with Gasteiger partial charge in [-0.3, -0.25) is 9.78 Å². The summed E-state index contributed by atoms with van der Waals surface area (Å²) in [7, 11) is 0. The number of pyridine rings is 1. The highest BCUT2D eigenvalue weighted by Gasteiger charge is 2.69. The van der Waals surface area contributed by atoms with Crippen LogP contribution in [0.4, 0.5) is 4.79 Å². The number of ether oxygens (including phenoxy) is 1. The van der Waals surface area contributed by atoms with Gasteiger partial charge in [0, 0.05) is 30.8 Å².